The molecule has 0 saturated heterocycles. The van der Waals surface area contributed by atoms with Gasteiger partial charge in [-0.2, -0.15) is 0 Å². The summed E-state index contributed by atoms with van der Waals surface area (Å²) in [5.74, 6) is -1.24. The van der Waals surface area contributed by atoms with Crippen molar-refractivity contribution in [1.29, 1.82) is 0 Å². The van der Waals surface area contributed by atoms with Crippen LogP contribution in [0, 0.1) is 6.92 Å². The standard InChI is InChI=1S/C16H21NO4/c1-11-7-12(5-6-14(18)19)9-13(8-11)15(20)17-16(2,3)10-21-4/h5-9H,10H2,1-4H3,(H,17,20)(H,18,19)/b6-5+. The molecule has 0 aromatic heterocycles. The van der Waals surface area contributed by atoms with E-state index in [9.17, 15) is 9.59 Å². The summed E-state index contributed by atoms with van der Waals surface area (Å²) in [6.07, 6.45) is 2.51. The summed E-state index contributed by atoms with van der Waals surface area (Å²) in [6, 6.07) is 5.23. The molecule has 0 aliphatic carbocycles. The van der Waals surface area contributed by atoms with E-state index in [1.54, 1.807) is 19.2 Å². The summed E-state index contributed by atoms with van der Waals surface area (Å²) < 4.78 is 5.06. The first kappa shape index (κ1) is 16.9. The van der Waals surface area contributed by atoms with E-state index < -0.39 is 11.5 Å². The van der Waals surface area contributed by atoms with E-state index >= 15 is 0 Å². The van der Waals surface area contributed by atoms with Crippen LogP contribution in [-0.2, 0) is 9.53 Å². The van der Waals surface area contributed by atoms with Gasteiger partial charge in [-0.05, 0) is 50.1 Å². The van der Waals surface area contributed by atoms with Crippen LogP contribution < -0.4 is 5.32 Å². The normalized spacial score (nSPS) is 11.6. The minimum Gasteiger partial charge on any atom is -0.478 e. The lowest BCUT2D eigenvalue weighted by Gasteiger charge is -2.25. The highest BCUT2D eigenvalue weighted by atomic mass is 16.5. The maximum atomic E-state index is 12.3. The Morgan fingerprint density at radius 3 is 2.57 bits per heavy atom. The third-order valence-electron chi connectivity index (χ3n) is 2.74. The Bertz CT molecular complexity index is 561. The summed E-state index contributed by atoms with van der Waals surface area (Å²) >= 11 is 0. The minimum absolute atomic E-state index is 0.217. The maximum absolute atomic E-state index is 12.3. The Balaban J connectivity index is 2.97. The second kappa shape index (κ2) is 7.04. The van der Waals surface area contributed by atoms with Crippen molar-refractivity contribution < 1.29 is 19.4 Å². The second-order valence-electron chi connectivity index (χ2n) is 5.57. The molecule has 21 heavy (non-hydrogen) atoms. The predicted molar refractivity (Wildman–Crippen MR) is 81.3 cm³/mol. The average molecular weight is 291 g/mol. The topological polar surface area (TPSA) is 75.6 Å². The molecule has 5 nitrogen and oxygen atoms in total. The molecular formula is C16H21NO4. The molecule has 0 radical (unpaired) electrons. The fourth-order valence-corrected chi connectivity index (χ4v) is 1.98. The molecule has 1 amide bonds. The lowest BCUT2D eigenvalue weighted by atomic mass is 10.0. The number of rotatable bonds is 6. The summed E-state index contributed by atoms with van der Waals surface area (Å²) in [4.78, 5) is 22.8. The molecule has 1 aromatic rings. The van der Waals surface area contributed by atoms with Gasteiger partial charge in [-0.1, -0.05) is 6.07 Å². The van der Waals surface area contributed by atoms with Gasteiger partial charge in [-0.25, -0.2) is 4.79 Å². The summed E-state index contributed by atoms with van der Waals surface area (Å²) in [7, 11) is 1.58. The van der Waals surface area contributed by atoms with Gasteiger partial charge in [0.25, 0.3) is 5.91 Å². The van der Waals surface area contributed by atoms with Crippen molar-refractivity contribution in [3.63, 3.8) is 0 Å². The van der Waals surface area contributed by atoms with Gasteiger partial charge in [-0.15, -0.1) is 0 Å². The number of carbonyl (C=O) groups is 2. The molecule has 114 valence electrons. The molecule has 0 fully saturated rings. The maximum Gasteiger partial charge on any atom is 0.328 e. The lowest BCUT2D eigenvalue weighted by molar-refractivity contribution is -0.131. The molecule has 0 spiro atoms. The van der Waals surface area contributed by atoms with Crippen LogP contribution in [-0.4, -0.2) is 36.2 Å². The van der Waals surface area contributed by atoms with Gasteiger partial charge in [0.15, 0.2) is 0 Å². The van der Waals surface area contributed by atoms with Crippen LogP contribution in [0.3, 0.4) is 0 Å². The summed E-state index contributed by atoms with van der Waals surface area (Å²) in [5, 5.41) is 11.5. The van der Waals surface area contributed by atoms with E-state index in [1.165, 1.54) is 6.08 Å². The monoisotopic (exact) mass is 291 g/mol. The van der Waals surface area contributed by atoms with Crippen molar-refractivity contribution in [2.24, 2.45) is 0 Å². The van der Waals surface area contributed by atoms with Crippen molar-refractivity contribution in [2.75, 3.05) is 13.7 Å². The van der Waals surface area contributed by atoms with Crippen LogP contribution >= 0.6 is 0 Å². The van der Waals surface area contributed by atoms with Crippen molar-refractivity contribution >= 4 is 18.0 Å². The van der Waals surface area contributed by atoms with E-state index in [-0.39, 0.29) is 5.91 Å². The Morgan fingerprint density at radius 1 is 1.33 bits per heavy atom. The van der Waals surface area contributed by atoms with Gasteiger partial charge >= 0.3 is 5.97 Å². The molecule has 0 aliphatic rings. The van der Waals surface area contributed by atoms with E-state index in [2.05, 4.69) is 5.32 Å². The Morgan fingerprint density at radius 2 is 2.00 bits per heavy atom. The van der Waals surface area contributed by atoms with E-state index in [4.69, 9.17) is 9.84 Å². The predicted octanol–water partition coefficient (Wildman–Crippen LogP) is 2.25. The fourth-order valence-electron chi connectivity index (χ4n) is 1.98. The van der Waals surface area contributed by atoms with Crippen molar-refractivity contribution in [2.45, 2.75) is 26.3 Å². The number of aliphatic carboxylic acids is 1. The molecule has 1 aromatic carbocycles. The first-order valence-electron chi connectivity index (χ1n) is 6.58. The van der Waals surface area contributed by atoms with Crippen LogP contribution in [0.5, 0.6) is 0 Å². The number of hydrogen-bond acceptors (Lipinski definition) is 3. The fraction of sp³-hybridized carbons (Fsp3) is 0.375. The molecule has 0 aliphatic heterocycles. The van der Waals surface area contributed by atoms with Crippen LogP contribution in [0.2, 0.25) is 0 Å². The third kappa shape index (κ3) is 5.79. The van der Waals surface area contributed by atoms with Crippen LogP contribution in [0.4, 0.5) is 0 Å². The highest BCUT2D eigenvalue weighted by molar-refractivity contribution is 5.95. The van der Waals surface area contributed by atoms with Gasteiger partial charge < -0.3 is 15.2 Å². The second-order valence-corrected chi connectivity index (χ2v) is 5.57. The summed E-state index contributed by atoms with van der Waals surface area (Å²) in [6.45, 7) is 6.00. The van der Waals surface area contributed by atoms with Gasteiger partial charge in [-0.3, -0.25) is 4.79 Å². The van der Waals surface area contributed by atoms with E-state index in [0.717, 1.165) is 11.6 Å². The first-order valence-corrected chi connectivity index (χ1v) is 6.58. The van der Waals surface area contributed by atoms with Crippen molar-refractivity contribution in [3.05, 3.63) is 41.0 Å². The zero-order chi connectivity index (χ0) is 16.0. The van der Waals surface area contributed by atoms with E-state index in [0.29, 0.717) is 17.7 Å². The zero-order valence-electron chi connectivity index (χ0n) is 12.8. The van der Waals surface area contributed by atoms with Gasteiger partial charge in [0.05, 0.1) is 12.1 Å². The molecule has 0 unspecified atom stereocenters. The number of benzene rings is 1. The first-order chi connectivity index (χ1) is 9.73. The van der Waals surface area contributed by atoms with Crippen molar-refractivity contribution in [1.82, 2.24) is 5.32 Å². The quantitative estimate of drug-likeness (QED) is 0.788. The largest absolute Gasteiger partial charge is 0.478 e. The van der Waals surface area contributed by atoms with Gasteiger partial charge in [0.2, 0.25) is 0 Å². The molecular weight excluding hydrogens is 270 g/mol. The number of carboxylic acid groups (broad SMARTS) is 1. The smallest absolute Gasteiger partial charge is 0.328 e. The number of aryl methyl sites for hydroxylation is 1. The number of methoxy groups -OCH3 is 1. The highest BCUT2D eigenvalue weighted by Gasteiger charge is 2.21. The minimum atomic E-state index is -1.02. The van der Waals surface area contributed by atoms with Crippen LogP contribution in [0.25, 0.3) is 6.08 Å². The Kier molecular flexibility index (Phi) is 5.67. The SMILES string of the molecule is COCC(C)(C)NC(=O)c1cc(C)cc(/C=C/C(=O)O)c1. The lowest BCUT2D eigenvalue weighted by Crippen LogP contribution is -2.46. The number of carboxylic acids is 1. The third-order valence-corrected chi connectivity index (χ3v) is 2.74. The Labute approximate surface area is 124 Å². The van der Waals surface area contributed by atoms with Crippen LogP contribution in [0.1, 0.15) is 35.3 Å². The number of carbonyl (C=O) groups excluding carboxylic acids is 1. The molecule has 1 rings (SSSR count). The average Bonchev–Trinajstić information content (AvgIpc) is 2.35. The van der Waals surface area contributed by atoms with Crippen molar-refractivity contribution in [3.8, 4) is 0 Å². The number of ether oxygens (including phenoxy) is 1. The molecule has 2 N–H and O–H groups in total. The molecule has 0 bridgehead atoms. The van der Waals surface area contributed by atoms with Crippen LogP contribution in [0.15, 0.2) is 24.3 Å². The molecule has 0 atom stereocenters. The van der Waals surface area contributed by atoms with Gasteiger partial charge in [0.1, 0.15) is 0 Å². The number of nitrogens with one attached hydrogen (secondary N) is 1. The molecule has 0 heterocycles. The Hall–Kier alpha value is -2.14. The zero-order valence-corrected chi connectivity index (χ0v) is 12.8. The van der Waals surface area contributed by atoms with Gasteiger partial charge in [0, 0.05) is 18.7 Å². The van der Waals surface area contributed by atoms with E-state index in [1.807, 2.05) is 26.8 Å². The molecule has 5 heteroatoms. The summed E-state index contributed by atoms with van der Waals surface area (Å²) in [5.41, 5.74) is 1.57. The molecule has 0 saturated carbocycles. The number of amides is 1. The number of hydrogen-bond donors (Lipinski definition) is 2. The highest BCUT2D eigenvalue weighted by Crippen LogP contribution is 2.13.